The maximum absolute atomic E-state index is 14.2. The van der Waals surface area contributed by atoms with Gasteiger partial charge in [-0.05, 0) is 63.6 Å². The van der Waals surface area contributed by atoms with Crippen LogP contribution in [0.3, 0.4) is 0 Å². The molecule has 2 aliphatic rings. The Morgan fingerprint density at radius 2 is 1.40 bits per heavy atom. The molecule has 5 aromatic rings. The van der Waals surface area contributed by atoms with E-state index in [1.165, 1.54) is 11.1 Å². The number of fused-ring (bicyclic) bond motifs is 1. The van der Waals surface area contributed by atoms with Crippen LogP contribution in [0.1, 0.15) is 63.1 Å². The summed E-state index contributed by atoms with van der Waals surface area (Å²) in [7, 11) is 3.26. The molecule has 4 atom stereocenters. The van der Waals surface area contributed by atoms with Gasteiger partial charge >= 0.3 is 0 Å². The minimum atomic E-state index is -2.34. The van der Waals surface area contributed by atoms with E-state index < -0.39 is 46.8 Å². The molecule has 0 saturated carbocycles. The summed E-state index contributed by atoms with van der Waals surface area (Å²) in [5.41, 5.74) is 5.50. The monoisotopic (exact) mass is 788 g/mol. The second-order valence-electron chi connectivity index (χ2n) is 14.2. The van der Waals surface area contributed by atoms with Crippen LogP contribution in [0.15, 0.2) is 84.9 Å². The lowest BCUT2D eigenvalue weighted by Crippen LogP contribution is -2.45. The van der Waals surface area contributed by atoms with Gasteiger partial charge in [0.2, 0.25) is 5.82 Å². The molecule has 13 heteroatoms. The third kappa shape index (κ3) is 8.24. The molecule has 0 aromatic heterocycles. The number of amides is 1. The average molecular weight is 789 g/mol. The molecule has 2 aliphatic heterocycles. The van der Waals surface area contributed by atoms with Gasteiger partial charge in [0.15, 0.2) is 41.1 Å². The first-order valence-corrected chi connectivity index (χ1v) is 18.4. The molecule has 5 aromatic carbocycles. The van der Waals surface area contributed by atoms with Crippen molar-refractivity contribution in [3.63, 3.8) is 0 Å². The van der Waals surface area contributed by atoms with E-state index >= 15 is 0 Å². The smallest absolute Gasteiger partial charge is 0.257 e. The molecule has 1 fully saturated rings. The van der Waals surface area contributed by atoms with Crippen molar-refractivity contribution in [3.8, 4) is 22.6 Å². The highest BCUT2D eigenvalue weighted by molar-refractivity contribution is 5.94. The molecule has 8 nitrogen and oxygen atoms in total. The van der Waals surface area contributed by atoms with Crippen LogP contribution in [-0.2, 0) is 35.6 Å². The van der Waals surface area contributed by atoms with Crippen LogP contribution in [-0.4, -0.2) is 49.3 Å². The number of carbonyl (C=O) groups is 1. The number of hydrogen-bond acceptors (Lipinski definition) is 7. The van der Waals surface area contributed by atoms with Crippen molar-refractivity contribution in [2.45, 2.75) is 51.5 Å². The van der Waals surface area contributed by atoms with Crippen molar-refractivity contribution in [2.75, 3.05) is 27.3 Å². The fourth-order valence-electron chi connectivity index (χ4n) is 7.45. The van der Waals surface area contributed by atoms with E-state index in [9.17, 15) is 31.9 Å². The van der Waals surface area contributed by atoms with Crippen LogP contribution in [0.4, 0.5) is 22.0 Å². The van der Waals surface area contributed by atoms with E-state index in [0.717, 1.165) is 47.3 Å². The number of nitrogens with zero attached hydrogens (tertiary/aromatic N) is 1. The van der Waals surface area contributed by atoms with E-state index in [1.54, 1.807) is 32.4 Å². The molecule has 0 bridgehead atoms. The Balaban J connectivity index is 1.08. The molecule has 2 N–H and O–H groups in total. The van der Waals surface area contributed by atoms with Gasteiger partial charge in [0.25, 0.3) is 5.91 Å². The van der Waals surface area contributed by atoms with E-state index in [-0.39, 0.29) is 31.3 Å². The lowest BCUT2D eigenvalue weighted by molar-refractivity contribution is -0.276. The molecule has 1 saturated heterocycles. The third-order valence-electron chi connectivity index (χ3n) is 10.7. The zero-order valence-electron chi connectivity index (χ0n) is 31.5. The summed E-state index contributed by atoms with van der Waals surface area (Å²) in [6.07, 6.45) is -0.361. The standard InChI is InChI=1S/C44H41F5N2O6/c1-24-35(22-51-16-15-31-18-33(54-2)34(55-3)19-32(31)21-51)56-44(57-42(24)28-9-7-25(23-52)8-10-28)29-13-11-27(12-14-29)30-6-4-5-26(17-30)20-50-43(53)36-37(45)39(47)41(49)40(48)38(36)46/h4-14,17-19,24,35,42,44,52H,15-16,20-23H2,1-3H3,(H,50,53). The highest BCUT2D eigenvalue weighted by atomic mass is 19.2. The van der Waals surface area contributed by atoms with Crippen molar-refractivity contribution in [1.29, 1.82) is 0 Å². The number of halogens is 5. The molecule has 0 radical (unpaired) electrons. The number of ether oxygens (including phenoxy) is 4. The Kier molecular flexibility index (Phi) is 11.9. The summed E-state index contributed by atoms with van der Waals surface area (Å²) in [4.78, 5) is 14.9. The minimum absolute atomic E-state index is 0.0235. The highest BCUT2D eigenvalue weighted by Gasteiger charge is 2.39. The maximum Gasteiger partial charge on any atom is 0.257 e. The largest absolute Gasteiger partial charge is 0.493 e. The molecule has 4 unspecified atom stereocenters. The second-order valence-corrected chi connectivity index (χ2v) is 14.2. The summed E-state index contributed by atoms with van der Waals surface area (Å²) in [6.45, 7) is 4.04. The Morgan fingerprint density at radius 3 is 2.05 bits per heavy atom. The van der Waals surface area contributed by atoms with Crippen LogP contribution in [0, 0.1) is 35.0 Å². The number of hydrogen-bond donors (Lipinski definition) is 2. The normalized spacial score (nSPS) is 19.5. The van der Waals surface area contributed by atoms with Gasteiger partial charge < -0.3 is 29.4 Å². The summed E-state index contributed by atoms with van der Waals surface area (Å²) in [5.74, 6) is -11.2. The molecule has 298 valence electrons. The van der Waals surface area contributed by atoms with Crippen molar-refractivity contribution in [2.24, 2.45) is 5.92 Å². The first-order chi connectivity index (χ1) is 27.5. The maximum atomic E-state index is 14.2. The van der Waals surface area contributed by atoms with Crippen LogP contribution in [0.25, 0.3) is 11.1 Å². The predicted molar refractivity (Wildman–Crippen MR) is 201 cm³/mol. The molecule has 7 rings (SSSR count). The number of rotatable bonds is 11. The number of nitrogens with one attached hydrogen (secondary N) is 1. The summed E-state index contributed by atoms with van der Waals surface area (Å²) in [5, 5.41) is 11.9. The van der Waals surface area contributed by atoms with Crippen molar-refractivity contribution in [1.82, 2.24) is 10.2 Å². The van der Waals surface area contributed by atoms with Crippen LogP contribution >= 0.6 is 0 Å². The van der Waals surface area contributed by atoms with Crippen LogP contribution in [0.2, 0.25) is 0 Å². The summed E-state index contributed by atoms with van der Waals surface area (Å²) < 4.78 is 93.7. The van der Waals surface area contributed by atoms with E-state index in [4.69, 9.17) is 18.9 Å². The van der Waals surface area contributed by atoms with Gasteiger partial charge in [-0.25, -0.2) is 22.0 Å². The number of carbonyl (C=O) groups excluding carboxylic acids is 1. The molecule has 0 aliphatic carbocycles. The molecular weight excluding hydrogens is 747 g/mol. The number of benzene rings is 5. The minimum Gasteiger partial charge on any atom is -0.493 e. The van der Waals surface area contributed by atoms with E-state index in [2.05, 4.69) is 17.1 Å². The molecule has 0 spiro atoms. The Labute approximate surface area is 326 Å². The third-order valence-corrected chi connectivity index (χ3v) is 10.7. The van der Waals surface area contributed by atoms with Gasteiger partial charge in [0.1, 0.15) is 5.56 Å². The summed E-state index contributed by atoms with van der Waals surface area (Å²) >= 11 is 0. The van der Waals surface area contributed by atoms with Gasteiger partial charge in [-0.3, -0.25) is 9.69 Å². The SMILES string of the molecule is COc1cc2c(cc1OC)CN(CC1OC(c3ccc(-c4cccc(CNC(=O)c5c(F)c(F)c(F)c(F)c5F)c4)cc3)OC(c3ccc(CO)cc3)C1C)CC2. The summed E-state index contributed by atoms with van der Waals surface area (Å²) in [6, 6.07) is 26.4. The lowest BCUT2D eigenvalue weighted by atomic mass is 9.89. The van der Waals surface area contributed by atoms with Crippen molar-refractivity contribution in [3.05, 3.63) is 153 Å². The first-order valence-electron chi connectivity index (χ1n) is 18.4. The Hall–Kier alpha value is -5.34. The average Bonchev–Trinajstić information content (AvgIpc) is 3.24. The van der Waals surface area contributed by atoms with E-state index in [1.807, 2.05) is 66.7 Å². The lowest BCUT2D eigenvalue weighted by Gasteiger charge is -2.43. The molecule has 2 heterocycles. The Morgan fingerprint density at radius 1 is 0.772 bits per heavy atom. The number of aliphatic hydroxyl groups is 1. The molecule has 1 amide bonds. The predicted octanol–water partition coefficient (Wildman–Crippen LogP) is 8.34. The number of methoxy groups -OCH3 is 2. The fraction of sp³-hybridized carbons (Fsp3) is 0.295. The van der Waals surface area contributed by atoms with E-state index in [0.29, 0.717) is 23.6 Å². The number of aliphatic hydroxyl groups excluding tert-OH is 1. The second kappa shape index (κ2) is 17.0. The zero-order chi connectivity index (χ0) is 40.4. The van der Waals surface area contributed by atoms with Gasteiger partial charge in [-0.2, -0.15) is 0 Å². The van der Waals surface area contributed by atoms with Gasteiger partial charge in [-0.1, -0.05) is 73.7 Å². The van der Waals surface area contributed by atoms with Crippen molar-refractivity contribution >= 4 is 5.91 Å². The van der Waals surface area contributed by atoms with Crippen LogP contribution in [0.5, 0.6) is 11.5 Å². The quantitative estimate of drug-likeness (QED) is 0.0791. The zero-order valence-corrected chi connectivity index (χ0v) is 31.5. The van der Waals surface area contributed by atoms with Gasteiger partial charge in [-0.15, -0.1) is 0 Å². The topological polar surface area (TPSA) is 89.5 Å². The Bertz CT molecular complexity index is 2230. The van der Waals surface area contributed by atoms with Crippen molar-refractivity contribution < 1.29 is 50.8 Å². The molecular formula is C44H41F5N2O6. The van der Waals surface area contributed by atoms with Crippen LogP contribution < -0.4 is 14.8 Å². The fourth-order valence-corrected chi connectivity index (χ4v) is 7.45. The van der Waals surface area contributed by atoms with Gasteiger partial charge in [0, 0.05) is 37.7 Å². The first kappa shape index (κ1) is 39.9. The highest BCUT2D eigenvalue weighted by Crippen LogP contribution is 2.43. The molecule has 57 heavy (non-hydrogen) atoms. The van der Waals surface area contributed by atoms with Gasteiger partial charge in [0.05, 0.1) is 33.0 Å².